The Morgan fingerprint density at radius 2 is 2.28 bits per heavy atom. The average molecular weight is 307 g/mol. The van der Waals surface area contributed by atoms with Gasteiger partial charge in [-0.3, -0.25) is 5.41 Å². The van der Waals surface area contributed by atoms with Crippen molar-refractivity contribution in [1.29, 1.82) is 5.41 Å². The molecule has 1 aromatic carbocycles. The third-order valence-corrected chi connectivity index (χ3v) is 3.19. The zero-order valence-corrected chi connectivity index (χ0v) is 11.7. The Hall–Kier alpha value is -1.62. The first-order valence-electron chi connectivity index (χ1n) is 5.80. The highest BCUT2D eigenvalue weighted by molar-refractivity contribution is 9.10. The van der Waals surface area contributed by atoms with Crippen molar-refractivity contribution in [2.45, 2.75) is 19.8 Å². The molecule has 18 heavy (non-hydrogen) atoms. The summed E-state index contributed by atoms with van der Waals surface area (Å²) in [7, 11) is 0. The minimum atomic E-state index is 0.0636. The number of hydrogen-bond donors (Lipinski definition) is 2. The molecule has 4 nitrogen and oxygen atoms in total. The van der Waals surface area contributed by atoms with Gasteiger partial charge >= 0.3 is 0 Å². The topological polar surface area (TPSA) is 67.7 Å². The molecule has 0 saturated heterocycles. The summed E-state index contributed by atoms with van der Waals surface area (Å²) < 4.78 is 2.95. The molecular weight excluding hydrogens is 292 g/mol. The Bertz CT molecular complexity index is 574. The lowest BCUT2D eigenvalue weighted by molar-refractivity contribution is 0.808. The normalized spacial score (nSPS) is 10.6. The van der Waals surface area contributed by atoms with Crippen LogP contribution >= 0.6 is 15.9 Å². The maximum absolute atomic E-state index is 7.65. The summed E-state index contributed by atoms with van der Waals surface area (Å²) in [5.41, 5.74) is 7.23. The van der Waals surface area contributed by atoms with Gasteiger partial charge in [0.2, 0.25) is 0 Å². The number of nitrogen functional groups attached to an aromatic ring is 1. The third kappa shape index (κ3) is 2.46. The third-order valence-electron chi connectivity index (χ3n) is 2.70. The van der Waals surface area contributed by atoms with Crippen molar-refractivity contribution in [3.63, 3.8) is 0 Å². The largest absolute Gasteiger partial charge is 0.384 e. The van der Waals surface area contributed by atoms with Crippen molar-refractivity contribution in [2.75, 3.05) is 0 Å². The number of benzene rings is 1. The zero-order chi connectivity index (χ0) is 13.1. The van der Waals surface area contributed by atoms with Crippen LogP contribution in [0.25, 0.3) is 5.69 Å². The summed E-state index contributed by atoms with van der Waals surface area (Å²) in [5.74, 6) is 1.05. The number of halogens is 1. The van der Waals surface area contributed by atoms with Crippen LogP contribution in [0.2, 0.25) is 0 Å². The Morgan fingerprint density at radius 3 is 2.94 bits per heavy atom. The molecule has 1 heterocycles. The molecule has 94 valence electrons. The van der Waals surface area contributed by atoms with Gasteiger partial charge in [-0.15, -0.1) is 0 Å². The van der Waals surface area contributed by atoms with Crippen LogP contribution < -0.4 is 5.73 Å². The fraction of sp³-hybridized carbons (Fsp3) is 0.231. The molecule has 0 fully saturated rings. The van der Waals surface area contributed by atoms with Crippen LogP contribution in [0.3, 0.4) is 0 Å². The summed E-state index contributed by atoms with van der Waals surface area (Å²) in [6.07, 6.45) is 5.60. The number of nitrogens with two attached hydrogens (primary N) is 1. The summed E-state index contributed by atoms with van der Waals surface area (Å²) in [6.45, 7) is 2.12. The fourth-order valence-electron chi connectivity index (χ4n) is 1.89. The van der Waals surface area contributed by atoms with E-state index in [0.717, 1.165) is 28.8 Å². The Morgan fingerprint density at radius 1 is 1.50 bits per heavy atom. The zero-order valence-electron chi connectivity index (χ0n) is 10.2. The standard InChI is InChI=1S/C13H15BrN4/c1-2-3-12-17-6-7-18(12)11-8-9(14)4-5-10(11)13(15)16/h4-8H,2-3H2,1H3,(H3,15,16). The van der Waals surface area contributed by atoms with Gasteiger partial charge in [0.25, 0.3) is 0 Å². The fourth-order valence-corrected chi connectivity index (χ4v) is 2.24. The minimum absolute atomic E-state index is 0.0636. The van der Waals surface area contributed by atoms with Crippen molar-refractivity contribution in [2.24, 2.45) is 5.73 Å². The van der Waals surface area contributed by atoms with E-state index in [1.54, 1.807) is 6.20 Å². The highest BCUT2D eigenvalue weighted by Crippen LogP contribution is 2.22. The van der Waals surface area contributed by atoms with E-state index >= 15 is 0 Å². The number of amidine groups is 1. The molecule has 0 aliphatic carbocycles. The van der Waals surface area contributed by atoms with Gasteiger partial charge in [0.05, 0.1) is 5.69 Å². The van der Waals surface area contributed by atoms with E-state index in [4.69, 9.17) is 11.1 Å². The molecule has 0 radical (unpaired) electrons. The monoisotopic (exact) mass is 306 g/mol. The van der Waals surface area contributed by atoms with Gasteiger partial charge in [-0.05, 0) is 24.6 Å². The highest BCUT2D eigenvalue weighted by Gasteiger charge is 2.11. The van der Waals surface area contributed by atoms with Gasteiger partial charge < -0.3 is 10.3 Å². The second-order valence-electron chi connectivity index (χ2n) is 4.04. The molecule has 5 heteroatoms. The van der Waals surface area contributed by atoms with Crippen molar-refractivity contribution >= 4 is 21.8 Å². The lowest BCUT2D eigenvalue weighted by Crippen LogP contribution is -2.15. The smallest absolute Gasteiger partial charge is 0.124 e. The van der Waals surface area contributed by atoms with Gasteiger partial charge in [0.1, 0.15) is 11.7 Å². The van der Waals surface area contributed by atoms with E-state index in [-0.39, 0.29) is 5.84 Å². The van der Waals surface area contributed by atoms with Crippen molar-refractivity contribution < 1.29 is 0 Å². The molecule has 2 rings (SSSR count). The van der Waals surface area contributed by atoms with Crippen LogP contribution in [-0.4, -0.2) is 15.4 Å². The maximum atomic E-state index is 7.65. The quantitative estimate of drug-likeness (QED) is 0.673. The number of aromatic nitrogens is 2. The number of nitrogens with zero attached hydrogens (tertiary/aromatic N) is 2. The number of aryl methyl sites for hydroxylation is 1. The van der Waals surface area contributed by atoms with Crippen molar-refractivity contribution in [1.82, 2.24) is 9.55 Å². The molecule has 0 spiro atoms. The summed E-state index contributed by atoms with van der Waals surface area (Å²) in [4.78, 5) is 4.35. The van der Waals surface area contributed by atoms with E-state index < -0.39 is 0 Å². The second-order valence-corrected chi connectivity index (χ2v) is 4.95. The molecule has 0 amide bonds. The first-order valence-corrected chi connectivity index (χ1v) is 6.59. The Balaban J connectivity index is 2.58. The Labute approximate surface area is 114 Å². The van der Waals surface area contributed by atoms with E-state index in [1.165, 1.54) is 0 Å². The summed E-state index contributed by atoms with van der Waals surface area (Å²) in [5, 5.41) is 7.65. The molecule has 0 unspecified atom stereocenters. The maximum Gasteiger partial charge on any atom is 0.124 e. The average Bonchev–Trinajstić information content (AvgIpc) is 2.77. The molecule has 0 bridgehead atoms. The molecule has 0 atom stereocenters. The van der Waals surface area contributed by atoms with Gasteiger partial charge in [0, 0.05) is 28.9 Å². The second kappa shape index (κ2) is 5.35. The van der Waals surface area contributed by atoms with Gasteiger partial charge in [-0.25, -0.2) is 4.98 Å². The number of rotatable bonds is 4. The van der Waals surface area contributed by atoms with E-state index in [1.807, 2.05) is 29.0 Å². The van der Waals surface area contributed by atoms with Crippen LogP contribution in [0.5, 0.6) is 0 Å². The van der Waals surface area contributed by atoms with Crippen LogP contribution in [-0.2, 0) is 6.42 Å². The number of hydrogen-bond acceptors (Lipinski definition) is 2. The van der Waals surface area contributed by atoms with Crippen LogP contribution in [0.15, 0.2) is 35.1 Å². The number of imidazole rings is 1. The Kier molecular flexibility index (Phi) is 3.81. The molecule has 1 aromatic heterocycles. The predicted molar refractivity (Wildman–Crippen MR) is 76.3 cm³/mol. The molecular formula is C13H15BrN4. The van der Waals surface area contributed by atoms with Crippen molar-refractivity contribution in [3.8, 4) is 5.69 Å². The molecule has 0 aliphatic rings. The van der Waals surface area contributed by atoms with E-state index in [2.05, 4.69) is 27.8 Å². The molecule has 0 saturated carbocycles. The van der Waals surface area contributed by atoms with Gasteiger partial charge in [-0.1, -0.05) is 22.9 Å². The van der Waals surface area contributed by atoms with Crippen molar-refractivity contribution in [3.05, 3.63) is 46.5 Å². The van der Waals surface area contributed by atoms with Gasteiger partial charge in [-0.2, -0.15) is 0 Å². The first kappa shape index (κ1) is 12.8. The van der Waals surface area contributed by atoms with Crippen LogP contribution in [0, 0.1) is 5.41 Å². The molecule has 2 aromatic rings. The van der Waals surface area contributed by atoms with Crippen LogP contribution in [0.4, 0.5) is 0 Å². The number of nitrogens with one attached hydrogen (secondary N) is 1. The van der Waals surface area contributed by atoms with Crippen LogP contribution in [0.1, 0.15) is 24.7 Å². The lowest BCUT2D eigenvalue weighted by atomic mass is 10.1. The highest BCUT2D eigenvalue weighted by atomic mass is 79.9. The summed E-state index contributed by atoms with van der Waals surface area (Å²) >= 11 is 3.45. The summed E-state index contributed by atoms with van der Waals surface area (Å²) in [6, 6.07) is 5.69. The van der Waals surface area contributed by atoms with Gasteiger partial charge in [0.15, 0.2) is 0 Å². The lowest BCUT2D eigenvalue weighted by Gasteiger charge is -2.12. The SMILES string of the molecule is CCCc1nccn1-c1cc(Br)ccc1C(=N)N. The van der Waals surface area contributed by atoms with E-state index in [9.17, 15) is 0 Å². The van der Waals surface area contributed by atoms with E-state index in [0.29, 0.717) is 5.56 Å². The molecule has 0 aliphatic heterocycles. The first-order chi connectivity index (χ1) is 8.63. The molecule has 3 N–H and O–H groups in total. The predicted octanol–water partition coefficient (Wildman–Crippen LogP) is 2.87. The minimum Gasteiger partial charge on any atom is -0.384 e.